The monoisotopic (exact) mass is 278 g/mol. The molecule has 1 amide bonds. The molecule has 0 N–H and O–H groups in total. The van der Waals surface area contributed by atoms with Gasteiger partial charge >= 0.3 is 5.91 Å². The van der Waals surface area contributed by atoms with E-state index in [0.717, 1.165) is 19.3 Å². The molecule has 3 heterocycles. The fourth-order valence-corrected chi connectivity index (χ4v) is 2.83. The van der Waals surface area contributed by atoms with Crippen molar-refractivity contribution in [2.45, 2.75) is 31.6 Å². The molecule has 2 aliphatic heterocycles. The molecule has 6 heteroatoms. The van der Waals surface area contributed by atoms with Gasteiger partial charge in [0.05, 0.1) is 19.3 Å². The summed E-state index contributed by atoms with van der Waals surface area (Å²) in [6.07, 6.45) is 3.82. The van der Waals surface area contributed by atoms with Crippen LogP contribution in [0.4, 0.5) is 0 Å². The van der Waals surface area contributed by atoms with Crippen LogP contribution in [0.5, 0.6) is 0 Å². The number of piperidine rings is 1. The molecule has 1 aromatic heterocycles. The Morgan fingerprint density at radius 3 is 2.85 bits per heavy atom. The summed E-state index contributed by atoms with van der Waals surface area (Å²) in [6.45, 7) is 1.77. The molecule has 0 unspecified atom stereocenters. The number of carbonyl (C=O) groups is 1. The Morgan fingerprint density at radius 2 is 2.10 bits per heavy atom. The predicted octanol–water partition coefficient (Wildman–Crippen LogP) is 0.688. The van der Waals surface area contributed by atoms with Gasteiger partial charge in [0.2, 0.25) is 0 Å². The van der Waals surface area contributed by atoms with E-state index in [1.54, 1.807) is 23.1 Å². The second-order valence-corrected chi connectivity index (χ2v) is 5.08. The van der Waals surface area contributed by atoms with Crippen molar-refractivity contribution in [2.24, 2.45) is 0 Å². The molecule has 2 fully saturated rings. The normalized spacial score (nSPS) is 24.0. The minimum Gasteiger partial charge on any atom is -0.618 e. The summed E-state index contributed by atoms with van der Waals surface area (Å²) < 4.78 is 11.7. The van der Waals surface area contributed by atoms with Gasteiger partial charge in [0.25, 0.3) is 5.69 Å². The highest BCUT2D eigenvalue weighted by atomic mass is 16.7. The lowest BCUT2D eigenvalue weighted by atomic mass is 10.0. The molecule has 108 valence electrons. The summed E-state index contributed by atoms with van der Waals surface area (Å²) in [6, 6.07) is 4.76. The van der Waals surface area contributed by atoms with Crippen LogP contribution in [-0.4, -0.2) is 42.9 Å². The fourth-order valence-electron chi connectivity index (χ4n) is 2.83. The summed E-state index contributed by atoms with van der Waals surface area (Å²) in [5.74, 6) is -0.246. The van der Waals surface area contributed by atoms with Crippen molar-refractivity contribution in [3.05, 3.63) is 35.3 Å². The second-order valence-electron chi connectivity index (χ2n) is 5.08. The minimum atomic E-state index is -0.358. The highest BCUT2D eigenvalue weighted by Crippen LogP contribution is 2.25. The number of hydrogen-bond acceptors (Lipinski definition) is 4. The molecule has 20 heavy (non-hydrogen) atoms. The van der Waals surface area contributed by atoms with Gasteiger partial charge in [0, 0.05) is 18.7 Å². The first-order valence-corrected chi connectivity index (χ1v) is 7.00. The van der Waals surface area contributed by atoms with Gasteiger partial charge in [0.15, 0.2) is 12.5 Å². The Labute approximate surface area is 117 Å². The molecule has 0 aliphatic carbocycles. The van der Waals surface area contributed by atoms with Crippen LogP contribution in [0.1, 0.15) is 29.8 Å². The van der Waals surface area contributed by atoms with Crippen LogP contribution in [0.25, 0.3) is 0 Å². The number of likely N-dealkylation sites (tertiary alicyclic amines) is 1. The van der Waals surface area contributed by atoms with Crippen LogP contribution in [-0.2, 0) is 9.47 Å². The number of ether oxygens (including phenoxy) is 2. The van der Waals surface area contributed by atoms with Gasteiger partial charge in [-0.25, -0.2) is 0 Å². The Morgan fingerprint density at radius 1 is 1.30 bits per heavy atom. The molecule has 3 rings (SSSR count). The van der Waals surface area contributed by atoms with E-state index in [1.807, 2.05) is 0 Å². The van der Waals surface area contributed by atoms with E-state index >= 15 is 0 Å². The molecule has 2 aliphatic rings. The molecule has 0 aromatic carbocycles. The van der Waals surface area contributed by atoms with E-state index in [-0.39, 0.29) is 23.9 Å². The molecular formula is C14H18N2O4. The molecular weight excluding hydrogens is 260 g/mol. The van der Waals surface area contributed by atoms with Gasteiger partial charge in [-0.1, -0.05) is 0 Å². The maximum Gasteiger partial charge on any atom is 0.320 e. The lowest BCUT2D eigenvalue weighted by molar-refractivity contribution is -0.608. The van der Waals surface area contributed by atoms with Crippen LogP contribution >= 0.6 is 0 Å². The standard InChI is InChI=1S/C14H18N2O4/c17-13(11-5-2-4-8-16(11)18)15-7-3-1-6-12(15)14-19-9-10-20-14/h2,4-5,8,12,14H,1,3,6-7,9-10H2/t12-/m0/s1. The summed E-state index contributed by atoms with van der Waals surface area (Å²) >= 11 is 0. The summed E-state index contributed by atoms with van der Waals surface area (Å²) in [5, 5.41) is 11.7. The van der Waals surface area contributed by atoms with Gasteiger partial charge in [-0.2, -0.15) is 4.73 Å². The van der Waals surface area contributed by atoms with Crippen LogP contribution in [0.2, 0.25) is 0 Å². The van der Waals surface area contributed by atoms with Crippen molar-refractivity contribution in [3.8, 4) is 0 Å². The first kappa shape index (κ1) is 13.3. The predicted molar refractivity (Wildman–Crippen MR) is 69.8 cm³/mol. The van der Waals surface area contributed by atoms with E-state index in [2.05, 4.69) is 0 Å². The molecule has 0 bridgehead atoms. The maximum absolute atomic E-state index is 12.6. The number of aromatic nitrogens is 1. The van der Waals surface area contributed by atoms with Crippen molar-refractivity contribution in [2.75, 3.05) is 19.8 Å². The Bertz CT molecular complexity index is 488. The van der Waals surface area contributed by atoms with Crippen molar-refractivity contribution in [1.82, 2.24) is 4.90 Å². The van der Waals surface area contributed by atoms with Crippen LogP contribution in [0, 0.1) is 5.21 Å². The van der Waals surface area contributed by atoms with E-state index in [1.165, 1.54) is 6.20 Å². The molecule has 1 aromatic rings. The minimum absolute atomic E-state index is 0.0982. The smallest absolute Gasteiger partial charge is 0.320 e. The molecule has 2 saturated heterocycles. The van der Waals surface area contributed by atoms with Gasteiger partial charge < -0.3 is 19.6 Å². The number of nitrogens with zero attached hydrogens (tertiary/aromatic N) is 2. The average Bonchev–Trinajstić information content (AvgIpc) is 3.01. The number of carbonyl (C=O) groups excluding carboxylic acids is 1. The first-order chi connectivity index (χ1) is 9.77. The highest BCUT2D eigenvalue weighted by Gasteiger charge is 2.38. The fraction of sp³-hybridized carbons (Fsp3) is 0.571. The van der Waals surface area contributed by atoms with E-state index in [9.17, 15) is 10.0 Å². The third kappa shape index (κ3) is 2.48. The molecule has 0 spiro atoms. The second kappa shape index (κ2) is 5.76. The summed E-state index contributed by atoms with van der Waals surface area (Å²) in [5.41, 5.74) is 0.150. The zero-order chi connectivity index (χ0) is 13.9. The summed E-state index contributed by atoms with van der Waals surface area (Å²) in [7, 11) is 0. The number of rotatable bonds is 2. The maximum atomic E-state index is 12.6. The van der Waals surface area contributed by atoms with Gasteiger partial charge in [-0.05, 0) is 25.3 Å². The first-order valence-electron chi connectivity index (χ1n) is 7.00. The van der Waals surface area contributed by atoms with Crippen molar-refractivity contribution < 1.29 is 19.0 Å². The van der Waals surface area contributed by atoms with Crippen LogP contribution in [0.3, 0.4) is 0 Å². The molecule has 0 radical (unpaired) electrons. The summed E-state index contributed by atoms with van der Waals surface area (Å²) in [4.78, 5) is 14.3. The lowest BCUT2D eigenvalue weighted by Crippen LogP contribution is -2.52. The Balaban J connectivity index is 1.82. The topological polar surface area (TPSA) is 65.7 Å². The molecule has 0 saturated carbocycles. The van der Waals surface area contributed by atoms with Crippen molar-refractivity contribution in [3.63, 3.8) is 0 Å². The average molecular weight is 278 g/mol. The Kier molecular flexibility index (Phi) is 3.84. The quantitative estimate of drug-likeness (QED) is 0.589. The zero-order valence-electron chi connectivity index (χ0n) is 11.2. The third-order valence-electron chi connectivity index (χ3n) is 3.82. The van der Waals surface area contributed by atoms with E-state index in [4.69, 9.17) is 9.47 Å². The largest absolute Gasteiger partial charge is 0.618 e. The number of pyridine rings is 1. The van der Waals surface area contributed by atoms with Gasteiger partial charge in [0.1, 0.15) is 0 Å². The highest BCUT2D eigenvalue weighted by molar-refractivity contribution is 5.91. The molecule has 1 atom stereocenters. The van der Waals surface area contributed by atoms with Gasteiger partial charge in [-0.3, -0.25) is 4.79 Å². The van der Waals surface area contributed by atoms with E-state index < -0.39 is 0 Å². The van der Waals surface area contributed by atoms with Crippen molar-refractivity contribution >= 4 is 5.91 Å². The zero-order valence-corrected chi connectivity index (χ0v) is 11.2. The SMILES string of the molecule is O=C(c1cccc[n+]1[O-])N1CCCC[C@H]1C1OCCO1. The van der Waals surface area contributed by atoms with Gasteiger partial charge in [-0.15, -0.1) is 0 Å². The number of hydrogen-bond donors (Lipinski definition) is 0. The third-order valence-corrected chi connectivity index (χ3v) is 3.82. The molecule has 6 nitrogen and oxygen atoms in total. The van der Waals surface area contributed by atoms with E-state index in [0.29, 0.717) is 24.5 Å². The Hall–Kier alpha value is -1.66. The van der Waals surface area contributed by atoms with Crippen LogP contribution < -0.4 is 4.73 Å². The lowest BCUT2D eigenvalue weighted by Gasteiger charge is -2.37. The number of amides is 1. The van der Waals surface area contributed by atoms with Crippen LogP contribution in [0.15, 0.2) is 24.4 Å². The van der Waals surface area contributed by atoms with Crippen molar-refractivity contribution in [1.29, 1.82) is 0 Å².